The van der Waals surface area contributed by atoms with Crippen LogP contribution in [0.3, 0.4) is 0 Å². The molecule has 0 unspecified atom stereocenters. The van der Waals surface area contributed by atoms with Crippen molar-refractivity contribution < 1.29 is 9.15 Å². The Morgan fingerprint density at radius 2 is 2.00 bits per heavy atom. The lowest BCUT2D eigenvalue weighted by atomic mass is 10.1. The van der Waals surface area contributed by atoms with Crippen LogP contribution >= 0.6 is 11.6 Å². The summed E-state index contributed by atoms with van der Waals surface area (Å²) in [7, 11) is 0. The number of halogens is 1. The summed E-state index contributed by atoms with van der Waals surface area (Å²) in [6.45, 7) is 1.71. The van der Waals surface area contributed by atoms with Crippen LogP contribution in [0.1, 0.15) is 18.7 Å². The predicted octanol–water partition coefficient (Wildman–Crippen LogP) is 3.74. The van der Waals surface area contributed by atoms with E-state index in [4.69, 9.17) is 20.8 Å². The van der Waals surface area contributed by atoms with Gasteiger partial charge in [0, 0.05) is 48.3 Å². The van der Waals surface area contributed by atoms with Crippen molar-refractivity contribution in [2.24, 2.45) is 0 Å². The van der Waals surface area contributed by atoms with Crippen LogP contribution in [0.15, 0.2) is 58.0 Å². The number of hydrogen-bond acceptors (Lipinski definition) is 7. The van der Waals surface area contributed by atoms with Gasteiger partial charge in [0.2, 0.25) is 11.8 Å². The van der Waals surface area contributed by atoms with Crippen molar-refractivity contribution in [3.63, 3.8) is 0 Å². The first kappa shape index (κ1) is 19.7. The van der Waals surface area contributed by atoms with Crippen LogP contribution in [0, 0.1) is 0 Å². The first-order valence-corrected chi connectivity index (χ1v) is 10.4. The summed E-state index contributed by atoms with van der Waals surface area (Å²) in [6, 6.07) is 10.7. The van der Waals surface area contributed by atoms with Crippen LogP contribution in [-0.2, 0) is 11.3 Å². The van der Waals surface area contributed by atoms with Gasteiger partial charge in [-0.15, -0.1) is 0 Å². The minimum absolute atomic E-state index is 0.171. The minimum Gasteiger partial charge on any atom is -0.439 e. The molecule has 1 aliphatic rings. The molecule has 1 aliphatic heterocycles. The van der Waals surface area contributed by atoms with E-state index >= 15 is 0 Å². The molecule has 9 heteroatoms. The summed E-state index contributed by atoms with van der Waals surface area (Å²) in [5, 5.41) is 3.94. The molecule has 1 N–H and O–H groups in total. The molecule has 5 rings (SSSR count). The number of anilines is 1. The van der Waals surface area contributed by atoms with Crippen LogP contribution in [0.2, 0.25) is 5.02 Å². The Kier molecular flexibility index (Phi) is 5.40. The highest BCUT2D eigenvalue weighted by molar-refractivity contribution is 6.31. The lowest BCUT2D eigenvalue weighted by molar-refractivity contribution is 0.0903. The fourth-order valence-electron chi connectivity index (χ4n) is 3.57. The van der Waals surface area contributed by atoms with Gasteiger partial charge >= 0.3 is 0 Å². The van der Waals surface area contributed by atoms with Crippen molar-refractivity contribution in [2.75, 3.05) is 18.5 Å². The summed E-state index contributed by atoms with van der Waals surface area (Å²) in [5.41, 5.74) is 2.54. The lowest BCUT2D eigenvalue weighted by Crippen LogP contribution is -2.28. The molecule has 31 heavy (non-hydrogen) atoms. The number of ether oxygens (including phenoxy) is 1. The van der Waals surface area contributed by atoms with E-state index in [1.165, 1.54) is 4.57 Å². The molecule has 158 valence electrons. The van der Waals surface area contributed by atoms with Crippen LogP contribution in [-0.4, -0.2) is 38.8 Å². The average molecular weight is 438 g/mol. The van der Waals surface area contributed by atoms with Crippen molar-refractivity contribution in [3.8, 4) is 11.3 Å². The third kappa shape index (κ3) is 4.45. The van der Waals surface area contributed by atoms with E-state index in [-0.39, 0.29) is 12.1 Å². The standard InChI is InChI=1S/C22H20ClN5O3/c23-15-1-2-19-18(12-15)26-20(31-19)13-28-8-4-14(11-21(28)29)17-3-7-24-22(27-17)25-16-5-9-30-10-6-16/h1-4,7-8,11-12,16H,5-6,9-10,13H2,(H,24,25,27). The molecular weight excluding hydrogens is 418 g/mol. The topological polar surface area (TPSA) is 95.1 Å². The van der Waals surface area contributed by atoms with Crippen molar-refractivity contribution in [1.29, 1.82) is 0 Å². The minimum atomic E-state index is -0.171. The molecule has 1 fully saturated rings. The second-order valence-corrected chi connectivity index (χ2v) is 7.83. The molecule has 4 heterocycles. The molecular formula is C22H20ClN5O3. The number of nitrogens with zero attached hydrogens (tertiary/aromatic N) is 4. The van der Waals surface area contributed by atoms with Crippen molar-refractivity contribution in [1.82, 2.24) is 19.5 Å². The number of nitrogens with one attached hydrogen (secondary N) is 1. The van der Waals surface area contributed by atoms with Gasteiger partial charge in [0.05, 0.1) is 5.69 Å². The van der Waals surface area contributed by atoms with Gasteiger partial charge in [0.25, 0.3) is 5.56 Å². The van der Waals surface area contributed by atoms with Gasteiger partial charge in [-0.25, -0.2) is 15.0 Å². The lowest BCUT2D eigenvalue weighted by Gasteiger charge is -2.23. The number of hydrogen-bond donors (Lipinski definition) is 1. The molecule has 0 bridgehead atoms. The zero-order valence-electron chi connectivity index (χ0n) is 16.6. The highest BCUT2D eigenvalue weighted by Gasteiger charge is 2.15. The molecule has 0 saturated carbocycles. The zero-order chi connectivity index (χ0) is 21.2. The second-order valence-electron chi connectivity index (χ2n) is 7.40. The normalized spacial score (nSPS) is 14.7. The fraction of sp³-hybridized carbons (Fsp3) is 0.273. The molecule has 1 saturated heterocycles. The predicted molar refractivity (Wildman–Crippen MR) is 117 cm³/mol. The summed E-state index contributed by atoms with van der Waals surface area (Å²) in [5.74, 6) is 0.996. The molecule has 1 aromatic carbocycles. The van der Waals surface area contributed by atoms with E-state index in [0.717, 1.165) is 31.6 Å². The smallest absolute Gasteiger partial charge is 0.251 e. The molecule has 0 radical (unpaired) electrons. The van der Waals surface area contributed by atoms with Gasteiger partial charge in [-0.3, -0.25) is 4.79 Å². The molecule has 3 aromatic heterocycles. The molecule has 0 amide bonds. The number of rotatable bonds is 5. The number of fused-ring (bicyclic) bond motifs is 1. The van der Waals surface area contributed by atoms with E-state index in [9.17, 15) is 4.79 Å². The Bertz CT molecular complexity index is 1280. The Balaban J connectivity index is 1.35. The van der Waals surface area contributed by atoms with Crippen LogP contribution in [0.25, 0.3) is 22.4 Å². The van der Waals surface area contributed by atoms with Crippen molar-refractivity contribution in [2.45, 2.75) is 25.4 Å². The Morgan fingerprint density at radius 1 is 1.13 bits per heavy atom. The van der Waals surface area contributed by atoms with Crippen LogP contribution < -0.4 is 10.9 Å². The number of pyridine rings is 1. The van der Waals surface area contributed by atoms with Crippen molar-refractivity contribution >= 4 is 28.6 Å². The first-order valence-electron chi connectivity index (χ1n) is 10.1. The average Bonchev–Trinajstić information content (AvgIpc) is 3.17. The second kappa shape index (κ2) is 8.49. The first-order chi connectivity index (χ1) is 15.1. The van der Waals surface area contributed by atoms with E-state index < -0.39 is 0 Å². The largest absolute Gasteiger partial charge is 0.439 e. The quantitative estimate of drug-likeness (QED) is 0.508. The van der Waals surface area contributed by atoms with Gasteiger partial charge in [-0.2, -0.15) is 0 Å². The monoisotopic (exact) mass is 437 g/mol. The van der Waals surface area contributed by atoms with Gasteiger partial charge in [-0.1, -0.05) is 11.6 Å². The number of aromatic nitrogens is 4. The molecule has 0 atom stereocenters. The highest BCUT2D eigenvalue weighted by atomic mass is 35.5. The Labute approximate surface area is 182 Å². The van der Waals surface area contributed by atoms with Crippen LogP contribution in [0.5, 0.6) is 0 Å². The Morgan fingerprint density at radius 3 is 2.84 bits per heavy atom. The van der Waals surface area contributed by atoms with Crippen molar-refractivity contribution in [3.05, 3.63) is 70.1 Å². The number of benzene rings is 1. The maximum absolute atomic E-state index is 12.7. The van der Waals surface area contributed by atoms with E-state index in [2.05, 4.69) is 20.3 Å². The van der Waals surface area contributed by atoms with Crippen LogP contribution in [0.4, 0.5) is 5.95 Å². The zero-order valence-corrected chi connectivity index (χ0v) is 17.4. The summed E-state index contributed by atoms with van der Waals surface area (Å²) in [4.78, 5) is 26.0. The third-order valence-corrected chi connectivity index (χ3v) is 5.44. The van der Waals surface area contributed by atoms with Gasteiger partial charge < -0.3 is 19.0 Å². The molecule has 8 nitrogen and oxygen atoms in total. The molecule has 0 spiro atoms. The maximum Gasteiger partial charge on any atom is 0.251 e. The van der Waals surface area contributed by atoms with Gasteiger partial charge in [0.1, 0.15) is 12.1 Å². The van der Waals surface area contributed by atoms with Gasteiger partial charge in [-0.05, 0) is 43.2 Å². The van der Waals surface area contributed by atoms with E-state index in [1.807, 2.05) is 6.07 Å². The number of oxazole rings is 1. The molecule has 4 aromatic rings. The van der Waals surface area contributed by atoms with Gasteiger partial charge in [0.15, 0.2) is 5.58 Å². The summed E-state index contributed by atoms with van der Waals surface area (Å²) in [6.07, 6.45) is 5.25. The fourth-order valence-corrected chi connectivity index (χ4v) is 3.74. The SMILES string of the molecule is O=c1cc(-c2ccnc(NC3CCOCC3)n2)ccn1Cc1nc2cc(Cl)ccc2o1. The molecule has 0 aliphatic carbocycles. The van der Waals surface area contributed by atoms with E-state index in [0.29, 0.717) is 39.7 Å². The summed E-state index contributed by atoms with van der Waals surface area (Å²) < 4.78 is 12.6. The third-order valence-electron chi connectivity index (χ3n) is 5.20. The highest BCUT2D eigenvalue weighted by Crippen LogP contribution is 2.21. The Hall–Kier alpha value is -3.23. The van der Waals surface area contributed by atoms with E-state index in [1.54, 1.807) is 42.7 Å². The summed E-state index contributed by atoms with van der Waals surface area (Å²) >= 11 is 6.00. The maximum atomic E-state index is 12.7.